The zero-order chi connectivity index (χ0) is 17.5. The summed E-state index contributed by atoms with van der Waals surface area (Å²) in [7, 11) is 0. The van der Waals surface area contributed by atoms with Gasteiger partial charge >= 0.3 is 0 Å². The number of ether oxygens (including phenoxy) is 1. The van der Waals surface area contributed by atoms with E-state index in [0.717, 1.165) is 26.1 Å². The average Bonchev–Trinajstić information content (AvgIpc) is 2.47. The third kappa shape index (κ3) is 15.6. The Morgan fingerprint density at radius 1 is 0.652 bits per heavy atom. The fourth-order valence-electron chi connectivity index (χ4n) is 2.31. The van der Waals surface area contributed by atoms with Crippen molar-refractivity contribution < 1.29 is 4.74 Å². The molecule has 0 saturated heterocycles. The lowest BCUT2D eigenvalue weighted by Gasteiger charge is -2.03. The Balaban J connectivity index is 3.93. The maximum atomic E-state index is 5.35. The standard InChI is InChI=1S/C22H38O/c1-7-23-18-17-22(6)16-10-15-21(5)14-9-13-20(4)12-8-11-19(2)3/h11,13,15,17H,7-10,12,14,16,18H2,1-6H3/b20-13+,21-15?,22-17+. The molecule has 0 aromatic carbocycles. The highest BCUT2D eigenvalue weighted by Crippen LogP contribution is 2.13. The van der Waals surface area contributed by atoms with Crippen molar-refractivity contribution >= 4 is 0 Å². The molecule has 0 aromatic heterocycles. The number of allylic oxidation sites excluding steroid dienone is 7. The van der Waals surface area contributed by atoms with Crippen LogP contribution in [0.15, 0.2) is 46.6 Å². The van der Waals surface area contributed by atoms with Gasteiger partial charge in [0, 0.05) is 6.61 Å². The lowest BCUT2D eigenvalue weighted by atomic mass is 10.0. The minimum absolute atomic E-state index is 0.752. The van der Waals surface area contributed by atoms with E-state index in [2.05, 4.69) is 58.9 Å². The van der Waals surface area contributed by atoms with Crippen molar-refractivity contribution in [1.82, 2.24) is 0 Å². The summed E-state index contributed by atoms with van der Waals surface area (Å²) in [6, 6.07) is 0. The SMILES string of the molecule is CCOC/C=C(\C)CCC=C(C)CC/C=C(\C)CCC=C(C)C. The molecule has 0 spiro atoms. The fourth-order valence-corrected chi connectivity index (χ4v) is 2.31. The van der Waals surface area contributed by atoms with Gasteiger partial charge in [0.1, 0.15) is 0 Å². The van der Waals surface area contributed by atoms with Crippen LogP contribution in [0.25, 0.3) is 0 Å². The summed E-state index contributed by atoms with van der Waals surface area (Å²) in [6.07, 6.45) is 16.3. The third-order valence-electron chi connectivity index (χ3n) is 3.91. The number of hydrogen-bond donors (Lipinski definition) is 0. The van der Waals surface area contributed by atoms with E-state index in [1.54, 1.807) is 0 Å². The van der Waals surface area contributed by atoms with Crippen LogP contribution in [0.2, 0.25) is 0 Å². The molecule has 0 aliphatic carbocycles. The summed E-state index contributed by atoms with van der Waals surface area (Å²) in [5, 5.41) is 0. The van der Waals surface area contributed by atoms with Gasteiger partial charge in [0.2, 0.25) is 0 Å². The van der Waals surface area contributed by atoms with Gasteiger partial charge in [-0.25, -0.2) is 0 Å². The molecule has 0 rings (SSSR count). The first-order chi connectivity index (χ1) is 11.0. The van der Waals surface area contributed by atoms with Gasteiger partial charge in [0.15, 0.2) is 0 Å². The fraction of sp³-hybridized carbons (Fsp3) is 0.636. The Morgan fingerprint density at radius 2 is 1.09 bits per heavy atom. The monoisotopic (exact) mass is 318 g/mol. The van der Waals surface area contributed by atoms with Gasteiger partial charge in [-0.3, -0.25) is 0 Å². The van der Waals surface area contributed by atoms with E-state index >= 15 is 0 Å². The summed E-state index contributed by atoms with van der Waals surface area (Å²) >= 11 is 0. The minimum atomic E-state index is 0.752. The highest BCUT2D eigenvalue weighted by Gasteiger charge is 1.93. The second kappa shape index (κ2) is 14.5. The molecular weight excluding hydrogens is 280 g/mol. The van der Waals surface area contributed by atoms with Gasteiger partial charge in [-0.05, 0) is 80.1 Å². The van der Waals surface area contributed by atoms with Crippen molar-refractivity contribution in [2.45, 2.75) is 80.1 Å². The second-order valence-corrected chi connectivity index (χ2v) is 6.71. The molecule has 0 saturated carbocycles. The lowest BCUT2D eigenvalue weighted by molar-refractivity contribution is 0.177. The molecule has 1 heteroatoms. The first-order valence-electron chi connectivity index (χ1n) is 9.13. The molecular formula is C22H38O. The summed E-state index contributed by atoms with van der Waals surface area (Å²) in [5.74, 6) is 0. The summed E-state index contributed by atoms with van der Waals surface area (Å²) < 4.78 is 5.35. The molecule has 0 unspecified atom stereocenters. The van der Waals surface area contributed by atoms with E-state index in [9.17, 15) is 0 Å². The Labute approximate surface area is 145 Å². The second-order valence-electron chi connectivity index (χ2n) is 6.71. The highest BCUT2D eigenvalue weighted by atomic mass is 16.5. The normalized spacial score (nSPS) is 13.4. The van der Waals surface area contributed by atoms with Crippen molar-refractivity contribution in [3.8, 4) is 0 Å². The van der Waals surface area contributed by atoms with E-state index in [-0.39, 0.29) is 0 Å². The highest BCUT2D eigenvalue weighted by molar-refractivity contribution is 5.07. The van der Waals surface area contributed by atoms with Crippen LogP contribution in [0.4, 0.5) is 0 Å². The predicted molar refractivity (Wildman–Crippen MR) is 105 cm³/mol. The molecule has 0 amide bonds. The summed E-state index contributed by atoms with van der Waals surface area (Å²) in [4.78, 5) is 0. The van der Waals surface area contributed by atoms with E-state index in [1.165, 1.54) is 48.0 Å². The van der Waals surface area contributed by atoms with Crippen LogP contribution in [0.3, 0.4) is 0 Å². The Hall–Kier alpha value is -1.08. The molecule has 0 aliphatic heterocycles. The Bertz CT molecular complexity index is 417. The van der Waals surface area contributed by atoms with Gasteiger partial charge in [0.25, 0.3) is 0 Å². The van der Waals surface area contributed by atoms with Crippen LogP contribution >= 0.6 is 0 Å². The molecule has 0 fully saturated rings. The minimum Gasteiger partial charge on any atom is -0.378 e. The molecule has 132 valence electrons. The van der Waals surface area contributed by atoms with Gasteiger partial charge < -0.3 is 4.74 Å². The van der Waals surface area contributed by atoms with Crippen molar-refractivity contribution in [2.24, 2.45) is 0 Å². The summed E-state index contributed by atoms with van der Waals surface area (Å²) in [6.45, 7) is 14.6. The molecule has 0 heterocycles. The zero-order valence-corrected chi connectivity index (χ0v) is 16.4. The van der Waals surface area contributed by atoms with Crippen LogP contribution in [0, 0.1) is 0 Å². The van der Waals surface area contributed by atoms with Crippen LogP contribution in [0.5, 0.6) is 0 Å². The molecule has 1 nitrogen and oxygen atoms in total. The molecule has 23 heavy (non-hydrogen) atoms. The predicted octanol–water partition coefficient (Wildman–Crippen LogP) is 7.17. The molecule has 0 N–H and O–H groups in total. The van der Waals surface area contributed by atoms with E-state index < -0.39 is 0 Å². The van der Waals surface area contributed by atoms with E-state index in [0.29, 0.717) is 0 Å². The van der Waals surface area contributed by atoms with E-state index in [4.69, 9.17) is 4.74 Å². The van der Waals surface area contributed by atoms with Gasteiger partial charge in [-0.1, -0.05) is 46.6 Å². The van der Waals surface area contributed by atoms with Crippen LogP contribution < -0.4 is 0 Å². The smallest absolute Gasteiger partial charge is 0.0649 e. The first kappa shape index (κ1) is 21.9. The largest absolute Gasteiger partial charge is 0.378 e. The molecule has 0 aliphatic rings. The molecule has 0 atom stereocenters. The van der Waals surface area contributed by atoms with Crippen LogP contribution in [0.1, 0.15) is 80.1 Å². The van der Waals surface area contributed by atoms with Crippen molar-refractivity contribution in [3.05, 3.63) is 46.6 Å². The number of rotatable bonds is 12. The van der Waals surface area contributed by atoms with Crippen molar-refractivity contribution in [1.29, 1.82) is 0 Å². The number of hydrogen-bond acceptors (Lipinski definition) is 1. The molecule has 0 bridgehead atoms. The zero-order valence-electron chi connectivity index (χ0n) is 16.4. The van der Waals surface area contributed by atoms with Crippen LogP contribution in [-0.2, 0) is 4.74 Å². The third-order valence-corrected chi connectivity index (χ3v) is 3.91. The average molecular weight is 319 g/mol. The van der Waals surface area contributed by atoms with Gasteiger partial charge in [-0.15, -0.1) is 0 Å². The van der Waals surface area contributed by atoms with Crippen LogP contribution in [-0.4, -0.2) is 13.2 Å². The summed E-state index contributed by atoms with van der Waals surface area (Å²) in [5.41, 5.74) is 5.88. The Kier molecular flexibility index (Phi) is 13.8. The lowest BCUT2D eigenvalue weighted by Crippen LogP contribution is -1.90. The quantitative estimate of drug-likeness (QED) is 0.274. The first-order valence-corrected chi connectivity index (χ1v) is 9.13. The van der Waals surface area contributed by atoms with E-state index in [1.807, 2.05) is 6.92 Å². The Morgan fingerprint density at radius 3 is 1.52 bits per heavy atom. The molecule has 0 aromatic rings. The van der Waals surface area contributed by atoms with Gasteiger partial charge in [-0.2, -0.15) is 0 Å². The maximum absolute atomic E-state index is 5.35. The van der Waals surface area contributed by atoms with Gasteiger partial charge in [0.05, 0.1) is 6.61 Å². The van der Waals surface area contributed by atoms with Crippen molar-refractivity contribution in [2.75, 3.05) is 13.2 Å². The van der Waals surface area contributed by atoms with Crippen molar-refractivity contribution in [3.63, 3.8) is 0 Å². The topological polar surface area (TPSA) is 9.23 Å². The molecule has 0 radical (unpaired) electrons. The maximum Gasteiger partial charge on any atom is 0.0649 e.